The molecule has 0 spiro atoms. The number of piperazine rings is 1. The van der Waals surface area contributed by atoms with Crippen molar-refractivity contribution >= 4 is 0 Å². The Morgan fingerprint density at radius 3 is 1.88 bits per heavy atom. The minimum Gasteiger partial charge on any atom is -0.314 e. The van der Waals surface area contributed by atoms with Crippen molar-refractivity contribution in [3.8, 4) is 0 Å². The molecule has 4 fully saturated rings. The Morgan fingerprint density at radius 2 is 1.29 bits per heavy atom. The van der Waals surface area contributed by atoms with Gasteiger partial charge in [-0.25, -0.2) is 0 Å². The summed E-state index contributed by atoms with van der Waals surface area (Å²) < 4.78 is 0. The fourth-order valence-corrected chi connectivity index (χ4v) is 4.50. The van der Waals surface area contributed by atoms with Crippen LogP contribution >= 0.6 is 0 Å². The number of rotatable bonds is 2. The van der Waals surface area contributed by atoms with Crippen molar-refractivity contribution in [3.05, 3.63) is 0 Å². The van der Waals surface area contributed by atoms with Crippen molar-refractivity contribution in [2.75, 3.05) is 26.2 Å². The smallest absolute Gasteiger partial charge is 0.0126 e. The lowest BCUT2D eigenvalue weighted by atomic mass is 9.95. The van der Waals surface area contributed by atoms with Crippen molar-refractivity contribution < 1.29 is 0 Å². The molecule has 2 atom stereocenters. The van der Waals surface area contributed by atoms with Crippen LogP contribution in [-0.2, 0) is 0 Å². The van der Waals surface area contributed by atoms with E-state index >= 15 is 0 Å². The first kappa shape index (κ1) is 10.8. The van der Waals surface area contributed by atoms with Gasteiger partial charge in [0.2, 0.25) is 0 Å². The molecule has 3 heteroatoms. The third-order valence-electron chi connectivity index (χ3n) is 5.40. The summed E-state index contributed by atoms with van der Waals surface area (Å²) in [6, 6.07) is 3.79. The molecule has 0 aromatic rings. The molecule has 96 valence electrons. The number of nitrogens with zero attached hydrogens (tertiary/aromatic N) is 2. The molecule has 4 aliphatic rings. The highest BCUT2D eigenvalue weighted by molar-refractivity contribution is 5.04. The molecule has 0 aromatic carbocycles. The molecule has 17 heavy (non-hydrogen) atoms. The first-order valence-electron chi connectivity index (χ1n) is 7.64. The first-order chi connectivity index (χ1) is 8.42. The summed E-state index contributed by atoms with van der Waals surface area (Å²) in [6.45, 7) is 4.98. The molecule has 3 heterocycles. The van der Waals surface area contributed by atoms with Gasteiger partial charge in [0.15, 0.2) is 0 Å². The summed E-state index contributed by atoms with van der Waals surface area (Å²) in [5.41, 5.74) is 0. The molecular weight excluding hydrogens is 210 g/mol. The second-order valence-corrected chi connectivity index (χ2v) is 6.47. The van der Waals surface area contributed by atoms with Gasteiger partial charge in [0.05, 0.1) is 0 Å². The number of piperidine rings is 1. The van der Waals surface area contributed by atoms with Crippen molar-refractivity contribution in [1.29, 1.82) is 0 Å². The Morgan fingerprint density at radius 1 is 0.706 bits per heavy atom. The van der Waals surface area contributed by atoms with E-state index in [0.29, 0.717) is 0 Å². The summed E-state index contributed by atoms with van der Waals surface area (Å²) in [7, 11) is 0. The van der Waals surface area contributed by atoms with Crippen molar-refractivity contribution in [3.63, 3.8) is 0 Å². The van der Waals surface area contributed by atoms with Crippen LogP contribution in [0.1, 0.15) is 38.5 Å². The van der Waals surface area contributed by atoms with Gasteiger partial charge in [0, 0.05) is 50.3 Å². The third kappa shape index (κ3) is 1.92. The Balaban J connectivity index is 1.44. The zero-order chi connectivity index (χ0) is 11.2. The number of fused-ring (bicyclic) bond motifs is 2. The molecule has 2 bridgehead atoms. The standard InChI is InChI=1S/C14H25N3/c1-2-11(1)17-12-3-4-13(17)10-14(9-12)16-7-5-15-6-8-16/h11-15H,1-10H2. The quantitative estimate of drug-likeness (QED) is 0.772. The minimum absolute atomic E-state index is 0.907. The molecular formula is C14H25N3. The van der Waals surface area contributed by atoms with E-state index in [2.05, 4.69) is 15.1 Å². The van der Waals surface area contributed by atoms with Crippen LogP contribution in [0, 0.1) is 0 Å². The van der Waals surface area contributed by atoms with Crippen molar-refractivity contribution in [2.45, 2.75) is 62.7 Å². The van der Waals surface area contributed by atoms with Gasteiger partial charge >= 0.3 is 0 Å². The van der Waals surface area contributed by atoms with Gasteiger partial charge in [-0.3, -0.25) is 9.80 Å². The van der Waals surface area contributed by atoms with Gasteiger partial charge in [-0.2, -0.15) is 0 Å². The molecule has 4 rings (SSSR count). The molecule has 0 radical (unpaired) electrons. The van der Waals surface area contributed by atoms with Crippen LogP contribution in [0.25, 0.3) is 0 Å². The Labute approximate surface area is 105 Å². The maximum absolute atomic E-state index is 3.48. The monoisotopic (exact) mass is 235 g/mol. The van der Waals surface area contributed by atoms with Crippen LogP contribution in [0.3, 0.4) is 0 Å². The number of nitrogens with one attached hydrogen (secondary N) is 1. The van der Waals surface area contributed by atoms with E-state index in [1.54, 1.807) is 0 Å². The summed E-state index contributed by atoms with van der Waals surface area (Å²) in [6.07, 6.45) is 8.89. The van der Waals surface area contributed by atoms with E-state index in [0.717, 1.165) is 24.2 Å². The van der Waals surface area contributed by atoms with E-state index in [1.807, 2.05) is 0 Å². The van der Waals surface area contributed by atoms with Crippen LogP contribution in [0.4, 0.5) is 0 Å². The Bertz CT molecular complexity index is 269. The van der Waals surface area contributed by atoms with Gasteiger partial charge < -0.3 is 5.32 Å². The van der Waals surface area contributed by atoms with E-state index in [1.165, 1.54) is 64.7 Å². The molecule has 3 aliphatic heterocycles. The van der Waals surface area contributed by atoms with Crippen LogP contribution < -0.4 is 5.32 Å². The molecule has 1 aliphatic carbocycles. The van der Waals surface area contributed by atoms with Gasteiger partial charge in [0.1, 0.15) is 0 Å². The molecule has 0 amide bonds. The van der Waals surface area contributed by atoms with E-state index < -0.39 is 0 Å². The summed E-state index contributed by atoms with van der Waals surface area (Å²) in [4.78, 5) is 5.69. The Hall–Kier alpha value is -0.120. The molecule has 1 N–H and O–H groups in total. The highest BCUT2D eigenvalue weighted by atomic mass is 15.3. The van der Waals surface area contributed by atoms with Crippen molar-refractivity contribution in [1.82, 2.24) is 15.1 Å². The van der Waals surface area contributed by atoms with Crippen LogP contribution in [0.2, 0.25) is 0 Å². The highest BCUT2D eigenvalue weighted by Crippen LogP contribution is 2.44. The van der Waals surface area contributed by atoms with Crippen molar-refractivity contribution in [2.24, 2.45) is 0 Å². The number of hydrogen-bond acceptors (Lipinski definition) is 3. The zero-order valence-corrected chi connectivity index (χ0v) is 10.8. The maximum Gasteiger partial charge on any atom is 0.0126 e. The SMILES string of the molecule is C1CN(C2CC3CCC(C2)N3C2CC2)CCN1. The van der Waals surface area contributed by atoms with Gasteiger partial charge in [-0.15, -0.1) is 0 Å². The molecule has 0 aromatic heterocycles. The largest absolute Gasteiger partial charge is 0.314 e. The van der Waals surface area contributed by atoms with Gasteiger partial charge in [-0.1, -0.05) is 0 Å². The summed E-state index contributed by atoms with van der Waals surface area (Å²) in [5.74, 6) is 0. The van der Waals surface area contributed by atoms with E-state index in [9.17, 15) is 0 Å². The topological polar surface area (TPSA) is 18.5 Å². The lowest BCUT2D eigenvalue weighted by Gasteiger charge is -2.44. The van der Waals surface area contributed by atoms with E-state index in [4.69, 9.17) is 0 Å². The number of hydrogen-bond donors (Lipinski definition) is 1. The van der Waals surface area contributed by atoms with E-state index in [-0.39, 0.29) is 0 Å². The highest BCUT2D eigenvalue weighted by Gasteiger charge is 2.47. The average Bonchev–Trinajstić information content (AvgIpc) is 3.18. The minimum atomic E-state index is 0.907. The molecule has 3 saturated heterocycles. The summed E-state index contributed by atoms with van der Waals surface area (Å²) >= 11 is 0. The first-order valence-corrected chi connectivity index (χ1v) is 7.64. The van der Waals surface area contributed by atoms with Crippen LogP contribution in [0.5, 0.6) is 0 Å². The predicted molar refractivity (Wildman–Crippen MR) is 69.1 cm³/mol. The fourth-order valence-electron chi connectivity index (χ4n) is 4.50. The molecule has 3 nitrogen and oxygen atoms in total. The lowest BCUT2D eigenvalue weighted by Crippen LogP contribution is -2.55. The zero-order valence-electron chi connectivity index (χ0n) is 10.8. The lowest BCUT2D eigenvalue weighted by molar-refractivity contribution is 0.0479. The molecule has 2 unspecified atom stereocenters. The second-order valence-electron chi connectivity index (χ2n) is 6.47. The second kappa shape index (κ2) is 4.22. The summed E-state index contributed by atoms with van der Waals surface area (Å²) in [5, 5.41) is 3.48. The maximum atomic E-state index is 3.48. The van der Waals surface area contributed by atoms with Gasteiger partial charge in [-0.05, 0) is 38.5 Å². The van der Waals surface area contributed by atoms with Crippen LogP contribution in [-0.4, -0.2) is 60.1 Å². The van der Waals surface area contributed by atoms with Gasteiger partial charge in [0.25, 0.3) is 0 Å². The fraction of sp³-hybridized carbons (Fsp3) is 1.00. The Kier molecular flexibility index (Phi) is 2.67. The normalized spacial score (nSPS) is 44.1. The third-order valence-corrected chi connectivity index (χ3v) is 5.40. The predicted octanol–water partition coefficient (Wildman–Crippen LogP) is 1.05. The average molecular weight is 235 g/mol. The van der Waals surface area contributed by atoms with Crippen LogP contribution in [0.15, 0.2) is 0 Å². The molecule has 1 saturated carbocycles.